The highest BCUT2D eigenvalue weighted by Gasteiger charge is 2.17. The highest BCUT2D eigenvalue weighted by Crippen LogP contribution is 2.28. The summed E-state index contributed by atoms with van der Waals surface area (Å²) in [6.07, 6.45) is 1.51. The summed E-state index contributed by atoms with van der Waals surface area (Å²) >= 11 is 13.4. The second-order valence-corrected chi connectivity index (χ2v) is 8.87. The van der Waals surface area contributed by atoms with Crippen molar-refractivity contribution in [3.05, 3.63) is 94.0 Å². The summed E-state index contributed by atoms with van der Waals surface area (Å²) in [7, 11) is 0. The van der Waals surface area contributed by atoms with Crippen LogP contribution in [0.3, 0.4) is 0 Å². The molecule has 6 nitrogen and oxygen atoms in total. The molecule has 33 heavy (non-hydrogen) atoms. The molecular weight excluding hydrogens is 477 g/mol. The van der Waals surface area contributed by atoms with Crippen LogP contribution in [0.4, 0.5) is 0 Å². The first kappa shape index (κ1) is 23.0. The largest absolute Gasteiger partial charge is 0.272 e. The van der Waals surface area contributed by atoms with Crippen LogP contribution in [0, 0.1) is 6.92 Å². The number of aryl methyl sites for hydroxylation is 1. The van der Waals surface area contributed by atoms with Gasteiger partial charge < -0.3 is 0 Å². The van der Waals surface area contributed by atoms with E-state index in [0.717, 1.165) is 22.4 Å². The van der Waals surface area contributed by atoms with Gasteiger partial charge in [-0.05, 0) is 49.4 Å². The third kappa shape index (κ3) is 5.82. The lowest BCUT2D eigenvalue weighted by molar-refractivity contribution is -0.118. The number of hydrazone groups is 1. The zero-order chi connectivity index (χ0) is 23.2. The molecule has 0 spiro atoms. The smallest absolute Gasteiger partial charge is 0.250 e. The predicted octanol–water partition coefficient (Wildman–Crippen LogP) is 5.79. The average Bonchev–Trinajstić information content (AvgIpc) is 3.24. The third-order valence-electron chi connectivity index (χ3n) is 4.66. The monoisotopic (exact) mass is 495 g/mol. The molecule has 166 valence electrons. The van der Waals surface area contributed by atoms with Crippen molar-refractivity contribution in [2.75, 3.05) is 5.75 Å². The summed E-state index contributed by atoms with van der Waals surface area (Å²) in [5.74, 6) is 0.509. The number of nitrogens with zero attached hydrogens (tertiary/aromatic N) is 4. The highest BCUT2D eigenvalue weighted by molar-refractivity contribution is 7.99. The van der Waals surface area contributed by atoms with E-state index in [1.54, 1.807) is 6.07 Å². The molecule has 0 aliphatic rings. The fourth-order valence-corrected chi connectivity index (χ4v) is 4.05. The Labute approximate surface area is 205 Å². The van der Waals surface area contributed by atoms with Crippen LogP contribution in [0.2, 0.25) is 10.0 Å². The molecule has 1 aromatic heterocycles. The molecule has 0 atom stereocenters. The van der Waals surface area contributed by atoms with Gasteiger partial charge in [0.2, 0.25) is 0 Å². The van der Waals surface area contributed by atoms with Crippen LogP contribution >= 0.6 is 35.0 Å². The van der Waals surface area contributed by atoms with Crippen molar-refractivity contribution in [1.29, 1.82) is 0 Å². The molecule has 0 fully saturated rings. The zero-order valence-electron chi connectivity index (χ0n) is 17.6. The molecule has 0 bridgehead atoms. The summed E-state index contributed by atoms with van der Waals surface area (Å²) in [5.41, 5.74) is 6.15. The number of thioether (sulfide) groups is 1. The number of halogens is 2. The van der Waals surface area contributed by atoms with E-state index in [0.29, 0.717) is 21.0 Å². The Bertz CT molecular complexity index is 1290. The van der Waals surface area contributed by atoms with E-state index >= 15 is 0 Å². The fourth-order valence-electron chi connectivity index (χ4n) is 2.99. The van der Waals surface area contributed by atoms with E-state index in [1.807, 2.05) is 78.2 Å². The van der Waals surface area contributed by atoms with E-state index < -0.39 is 0 Å². The Hall–Kier alpha value is -3.13. The second kappa shape index (κ2) is 10.7. The van der Waals surface area contributed by atoms with Gasteiger partial charge in [0.05, 0.1) is 12.0 Å². The first-order chi connectivity index (χ1) is 16.0. The van der Waals surface area contributed by atoms with Gasteiger partial charge in [-0.15, -0.1) is 10.2 Å². The third-order valence-corrected chi connectivity index (χ3v) is 6.18. The number of aromatic nitrogens is 3. The topological polar surface area (TPSA) is 72.2 Å². The molecule has 0 radical (unpaired) electrons. The lowest BCUT2D eigenvalue weighted by atomic mass is 10.2. The van der Waals surface area contributed by atoms with Gasteiger partial charge >= 0.3 is 0 Å². The van der Waals surface area contributed by atoms with Gasteiger partial charge in [0.1, 0.15) is 0 Å². The van der Waals surface area contributed by atoms with Crippen molar-refractivity contribution in [2.45, 2.75) is 12.1 Å². The molecule has 0 unspecified atom stereocenters. The van der Waals surface area contributed by atoms with Crippen molar-refractivity contribution in [3.63, 3.8) is 0 Å². The molecule has 0 aliphatic heterocycles. The van der Waals surface area contributed by atoms with E-state index in [-0.39, 0.29) is 11.7 Å². The van der Waals surface area contributed by atoms with Crippen LogP contribution in [-0.4, -0.2) is 32.6 Å². The maximum atomic E-state index is 12.3. The Balaban J connectivity index is 1.52. The summed E-state index contributed by atoms with van der Waals surface area (Å²) in [6, 6.07) is 22.7. The van der Waals surface area contributed by atoms with Crippen LogP contribution in [0.15, 0.2) is 83.1 Å². The Morgan fingerprint density at radius 1 is 1.03 bits per heavy atom. The van der Waals surface area contributed by atoms with Gasteiger partial charge in [0.15, 0.2) is 11.0 Å². The predicted molar refractivity (Wildman–Crippen MR) is 134 cm³/mol. The van der Waals surface area contributed by atoms with Crippen molar-refractivity contribution in [3.8, 4) is 17.1 Å². The SMILES string of the molecule is Cc1ccc(-n2c(SCC(=O)N/N=C/c3ccccc3Cl)nnc2-c2ccc(Cl)cc2)cc1. The number of benzene rings is 3. The fraction of sp³-hybridized carbons (Fsp3) is 0.0833. The summed E-state index contributed by atoms with van der Waals surface area (Å²) < 4.78 is 1.92. The number of hydrogen-bond donors (Lipinski definition) is 1. The molecule has 1 heterocycles. The normalized spacial score (nSPS) is 11.1. The number of nitrogens with one attached hydrogen (secondary N) is 1. The molecule has 1 amide bonds. The molecule has 0 saturated carbocycles. The van der Waals surface area contributed by atoms with E-state index in [9.17, 15) is 4.79 Å². The quantitative estimate of drug-likeness (QED) is 0.200. The van der Waals surface area contributed by atoms with Crippen LogP contribution in [0.5, 0.6) is 0 Å². The Morgan fingerprint density at radius 2 is 1.76 bits per heavy atom. The van der Waals surface area contributed by atoms with Crippen LogP contribution in [0.1, 0.15) is 11.1 Å². The Morgan fingerprint density at radius 3 is 2.48 bits per heavy atom. The first-order valence-electron chi connectivity index (χ1n) is 9.99. The van der Waals surface area contributed by atoms with Gasteiger partial charge in [-0.25, -0.2) is 5.43 Å². The lowest BCUT2D eigenvalue weighted by Crippen LogP contribution is -2.20. The molecule has 4 rings (SSSR count). The number of carbonyl (C=O) groups is 1. The van der Waals surface area contributed by atoms with Gasteiger partial charge in [-0.2, -0.15) is 5.10 Å². The number of amides is 1. The molecule has 4 aromatic rings. The standard InChI is InChI=1S/C24H19Cl2N5OS/c1-16-6-12-20(13-7-16)31-23(17-8-10-19(25)11-9-17)29-30-24(31)33-15-22(32)28-27-14-18-4-2-3-5-21(18)26/h2-14H,15H2,1H3,(H,28,32)/b27-14+. The van der Waals surface area contributed by atoms with Crippen LogP contribution in [-0.2, 0) is 4.79 Å². The minimum atomic E-state index is -0.269. The van der Waals surface area contributed by atoms with Crippen LogP contribution < -0.4 is 5.43 Å². The van der Waals surface area contributed by atoms with E-state index in [4.69, 9.17) is 23.2 Å². The lowest BCUT2D eigenvalue weighted by Gasteiger charge is -2.10. The average molecular weight is 496 g/mol. The maximum Gasteiger partial charge on any atom is 0.250 e. The zero-order valence-corrected chi connectivity index (χ0v) is 19.9. The van der Waals surface area contributed by atoms with Gasteiger partial charge in [-0.3, -0.25) is 9.36 Å². The summed E-state index contributed by atoms with van der Waals surface area (Å²) in [5, 5.41) is 14.5. The van der Waals surface area contributed by atoms with Crippen molar-refractivity contribution in [1.82, 2.24) is 20.2 Å². The summed E-state index contributed by atoms with van der Waals surface area (Å²) in [6.45, 7) is 2.03. The summed E-state index contributed by atoms with van der Waals surface area (Å²) in [4.78, 5) is 12.3. The number of hydrogen-bond acceptors (Lipinski definition) is 5. The van der Waals surface area contributed by atoms with Gasteiger partial charge in [-0.1, -0.05) is 70.9 Å². The first-order valence-corrected chi connectivity index (χ1v) is 11.7. The van der Waals surface area contributed by atoms with Crippen molar-refractivity contribution >= 4 is 47.1 Å². The molecule has 3 aromatic carbocycles. The molecular formula is C24H19Cl2N5OS. The minimum Gasteiger partial charge on any atom is -0.272 e. The van der Waals surface area contributed by atoms with Crippen molar-refractivity contribution in [2.24, 2.45) is 5.10 Å². The minimum absolute atomic E-state index is 0.116. The van der Waals surface area contributed by atoms with Gasteiger partial charge in [0.25, 0.3) is 5.91 Å². The molecule has 9 heteroatoms. The molecule has 1 N–H and O–H groups in total. The number of rotatable bonds is 7. The van der Waals surface area contributed by atoms with Crippen LogP contribution in [0.25, 0.3) is 17.1 Å². The van der Waals surface area contributed by atoms with Crippen molar-refractivity contribution < 1.29 is 4.79 Å². The van der Waals surface area contributed by atoms with Gasteiger partial charge in [0, 0.05) is 26.9 Å². The molecule has 0 saturated heterocycles. The number of carbonyl (C=O) groups excluding carboxylic acids is 1. The molecule has 0 aliphatic carbocycles. The Kier molecular flexibility index (Phi) is 7.44. The second-order valence-electron chi connectivity index (χ2n) is 7.09. The van der Waals surface area contributed by atoms with E-state index in [2.05, 4.69) is 20.7 Å². The highest BCUT2D eigenvalue weighted by atomic mass is 35.5. The maximum absolute atomic E-state index is 12.3. The van der Waals surface area contributed by atoms with E-state index in [1.165, 1.54) is 18.0 Å².